The van der Waals surface area contributed by atoms with Gasteiger partial charge < -0.3 is 4.74 Å². The molecule has 17 heteroatoms. The number of alkyl halides is 3. The molecule has 12 nitrogen and oxygen atoms in total. The Bertz CT molecular complexity index is 1310. The average molecular weight is 543 g/mol. The number of carbonyl (C=O) groups excluding carboxylic acids is 1. The monoisotopic (exact) mass is 542 g/mol. The number of hydrogen-bond donors (Lipinski definition) is 1. The smallest absolute Gasteiger partial charge is 0.379 e. The van der Waals surface area contributed by atoms with Crippen molar-refractivity contribution in [3.8, 4) is 0 Å². The maximum Gasteiger partial charge on any atom is 0.406 e. The van der Waals surface area contributed by atoms with Gasteiger partial charge >= 0.3 is 11.9 Å². The maximum atomic E-state index is 13.2. The van der Waals surface area contributed by atoms with E-state index in [1.54, 1.807) is 0 Å². The number of hydrogen-bond acceptors (Lipinski definition) is 9. The fraction of sp³-hybridized carbons (Fsp3) is 0.667. The van der Waals surface area contributed by atoms with Crippen molar-refractivity contribution in [2.45, 2.75) is 24.3 Å². The molecule has 1 aliphatic heterocycles. The van der Waals surface area contributed by atoms with Crippen LogP contribution in [0.2, 0.25) is 0 Å². The lowest BCUT2D eigenvalue weighted by atomic mass is 10.4. The summed E-state index contributed by atoms with van der Waals surface area (Å²) >= 11 is 0.744. The lowest BCUT2D eigenvalue weighted by Crippen LogP contribution is -2.42. The topological polar surface area (TPSA) is 138 Å². The van der Waals surface area contributed by atoms with Gasteiger partial charge in [0.15, 0.2) is 16.3 Å². The molecular weight excluding hydrogens is 517 g/mol. The van der Waals surface area contributed by atoms with E-state index in [-0.39, 0.29) is 40.8 Å². The zero-order valence-electron chi connectivity index (χ0n) is 19.0. The van der Waals surface area contributed by atoms with Crippen LogP contribution in [0.1, 0.15) is 6.42 Å². The summed E-state index contributed by atoms with van der Waals surface area (Å²) in [5.41, 5.74) is -2.29. The second-order valence-corrected chi connectivity index (χ2v) is 10.8. The van der Waals surface area contributed by atoms with Crippen LogP contribution >= 0.6 is 11.8 Å². The summed E-state index contributed by atoms with van der Waals surface area (Å²) in [5, 5.41) is -0.224. The van der Waals surface area contributed by atoms with Crippen LogP contribution in [0, 0.1) is 0 Å². The fourth-order valence-corrected chi connectivity index (χ4v) is 5.47. The third-order valence-electron chi connectivity index (χ3n) is 5.25. The highest BCUT2D eigenvalue weighted by Crippen LogP contribution is 2.27. The molecule has 0 spiro atoms. The Kier molecular flexibility index (Phi) is 8.33. The van der Waals surface area contributed by atoms with E-state index in [4.69, 9.17) is 4.74 Å². The minimum atomic E-state index is -4.67. The Balaban J connectivity index is 1.69. The number of nitrogens with zero attached hydrogens (tertiary/aromatic N) is 5. The van der Waals surface area contributed by atoms with Crippen molar-refractivity contribution < 1.29 is 31.1 Å². The number of imidazole rings is 1. The lowest BCUT2D eigenvalue weighted by Gasteiger charge is -2.26. The first kappa shape index (κ1) is 27.2. The van der Waals surface area contributed by atoms with Crippen molar-refractivity contribution in [1.29, 1.82) is 0 Å². The predicted octanol–water partition coefficient (Wildman–Crippen LogP) is -0.744. The molecule has 0 bridgehead atoms. The van der Waals surface area contributed by atoms with E-state index in [0.717, 1.165) is 20.9 Å². The fourth-order valence-electron chi connectivity index (χ4n) is 3.49. The minimum absolute atomic E-state index is 0.111. The van der Waals surface area contributed by atoms with Crippen LogP contribution in [0.4, 0.5) is 13.2 Å². The van der Waals surface area contributed by atoms with Crippen LogP contribution in [-0.4, -0.2) is 88.4 Å². The third kappa shape index (κ3) is 6.86. The van der Waals surface area contributed by atoms with Crippen molar-refractivity contribution >= 4 is 38.9 Å². The number of amides is 1. The second kappa shape index (κ2) is 10.7. The van der Waals surface area contributed by atoms with E-state index in [0.29, 0.717) is 30.9 Å². The highest BCUT2D eigenvalue weighted by atomic mass is 32.2. The first-order valence-electron chi connectivity index (χ1n) is 10.5. The second-order valence-electron chi connectivity index (χ2n) is 7.87. The zero-order chi connectivity index (χ0) is 26.0. The number of sulfonamides is 1. The van der Waals surface area contributed by atoms with E-state index >= 15 is 0 Å². The average Bonchev–Trinajstić information content (AvgIpc) is 3.12. The molecule has 0 aliphatic carbocycles. The van der Waals surface area contributed by atoms with E-state index < -0.39 is 39.9 Å². The van der Waals surface area contributed by atoms with Gasteiger partial charge in [-0.15, -0.1) is 0 Å². The van der Waals surface area contributed by atoms with Crippen LogP contribution in [0.3, 0.4) is 0 Å². The zero-order valence-corrected chi connectivity index (χ0v) is 20.6. The maximum absolute atomic E-state index is 13.2. The molecule has 1 aliphatic rings. The van der Waals surface area contributed by atoms with Crippen LogP contribution in [-0.2, 0) is 40.2 Å². The molecule has 0 radical (unpaired) electrons. The van der Waals surface area contributed by atoms with Crippen LogP contribution in [0.5, 0.6) is 0 Å². The summed E-state index contributed by atoms with van der Waals surface area (Å²) in [4.78, 5) is 42.6. The van der Waals surface area contributed by atoms with Gasteiger partial charge in [0.1, 0.15) is 6.54 Å². The first-order chi connectivity index (χ1) is 16.3. The van der Waals surface area contributed by atoms with Gasteiger partial charge in [0.2, 0.25) is 15.9 Å². The number of thioether (sulfide) groups is 1. The van der Waals surface area contributed by atoms with Gasteiger partial charge in [-0.2, -0.15) is 13.2 Å². The number of rotatable bonds is 9. The molecule has 0 saturated carbocycles. The molecule has 2 aromatic rings. The summed E-state index contributed by atoms with van der Waals surface area (Å²) in [6, 6.07) is 0. The molecular formula is C18H25F3N6O6S2. The number of aromatic nitrogens is 4. The molecule has 1 saturated heterocycles. The molecule has 2 aromatic heterocycles. The molecule has 3 heterocycles. The largest absolute Gasteiger partial charge is 0.406 e. The summed E-state index contributed by atoms with van der Waals surface area (Å²) < 4.78 is 73.5. The Morgan fingerprint density at radius 2 is 1.83 bits per heavy atom. The quantitative estimate of drug-likeness (QED) is 0.406. The molecule has 0 atom stereocenters. The number of aryl methyl sites for hydroxylation is 1. The Hall–Kier alpha value is -2.37. The molecule has 0 unspecified atom stereocenters. The summed E-state index contributed by atoms with van der Waals surface area (Å²) in [6.45, 7) is 0.914. The highest BCUT2D eigenvalue weighted by Gasteiger charge is 2.32. The summed E-state index contributed by atoms with van der Waals surface area (Å²) in [5.74, 6) is -1.22. The Labute approximate surface area is 202 Å². The first-order valence-corrected chi connectivity index (χ1v) is 13.1. The SMILES string of the molecule is Cn1c(=O)c2nc(SCCC(=O)NS(=O)(=O)CCN3CCOCC3)n(CC(F)(F)F)c2n(C)c1=O. The minimum Gasteiger partial charge on any atom is -0.379 e. The number of carbonyl (C=O) groups is 1. The van der Waals surface area contributed by atoms with Crippen LogP contribution < -0.4 is 16.0 Å². The van der Waals surface area contributed by atoms with Gasteiger partial charge in [0.25, 0.3) is 5.56 Å². The third-order valence-corrected chi connectivity index (χ3v) is 7.49. The molecule has 35 heavy (non-hydrogen) atoms. The highest BCUT2D eigenvalue weighted by molar-refractivity contribution is 7.99. The van der Waals surface area contributed by atoms with Crippen molar-refractivity contribution in [2.75, 3.05) is 44.4 Å². The standard InChI is InChI=1S/C18H25F3N6O6S2/c1-24-14-13(15(29)25(2)17(24)30)22-16(27(14)11-18(19,20)21)34-9-3-12(28)23-35(31,32)10-6-26-4-7-33-8-5-26/h3-11H2,1-2H3,(H,23,28). The summed E-state index contributed by atoms with van der Waals surface area (Å²) in [7, 11) is -1.48. The van der Waals surface area contributed by atoms with E-state index in [2.05, 4.69) is 4.98 Å². The summed E-state index contributed by atoms with van der Waals surface area (Å²) in [6.07, 6.45) is -5.00. The van der Waals surface area contributed by atoms with E-state index in [9.17, 15) is 36.0 Å². The molecule has 0 aromatic carbocycles. The number of halogens is 3. The molecule has 1 amide bonds. The van der Waals surface area contributed by atoms with E-state index in [1.807, 2.05) is 9.62 Å². The lowest BCUT2D eigenvalue weighted by molar-refractivity contribution is -0.141. The van der Waals surface area contributed by atoms with Crippen molar-refractivity contribution in [3.63, 3.8) is 0 Å². The van der Waals surface area contributed by atoms with Crippen LogP contribution in [0.15, 0.2) is 14.7 Å². The molecule has 196 valence electrons. The normalized spacial score (nSPS) is 15.6. The van der Waals surface area contributed by atoms with Crippen molar-refractivity contribution in [1.82, 2.24) is 28.3 Å². The number of morpholine rings is 1. The molecule has 1 fully saturated rings. The van der Waals surface area contributed by atoms with Gasteiger partial charge in [-0.05, 0) is 0 Å². The van der Waals surface area contributed by atoms with E-state index in [1.165, 1.54) is 14.1 Å². The predicted molar refractivity (Wildman–Crippen MR) is 121 cm³/mol. The number of fused-ring (bicyclic) bond motifs is 1. The van der Waals surface area contributed by atoms with Gasteiger partial charge in [-0.3, -0.25) is 32.9 Å². The van der Waals surface area contributed by atoms with Crippen LogP contribution in [0.25, 0.3) is 11.2 Å². The molecule has 3 rings (SSSR count). The number of ether oxygens (including phenoxy) is 1. The van der Waals surface area contributed by atoms with Gasteiger partial charge in [0, 0.05) is 45.9 Å². The van der Waals surface area contributed by atoms with Gasteiger partial charge in [-0.1, -0.05) is 11.8 Å². The van der Waals surface area contributed by atoms with Gasteiger partial charge in [-0.25, -0.2) is 18.2 Å². The Morgan fingerprint density at radius 1 is 1.17 bits per heavy atom. The van der Waals surface area contributed by atoms with Gasteiger partial charge in [0.05, 0.1) is 19.0 Å². The number of nitrogens with one attached hydrogen (secondary N) is 1. The van der Waals surface area contributed by atoms with Crippen molar-refractivity contribution in [2.24, 2.45) is 14.1 Å². The Morgan fingerprint density at radius 3 is 2.46 bits per heavy atom. The molecule has 1 N–H and O–H groups in total. The van der Waals surface area contributed by atoms with Crippen molar-refractivity contribution in [3.05, 3.63) is 20.8 Å².